The minimum absolute atomic E-state index is 0. The van der Waals surface area contributed by atoms with Gasteiger partial charge in [0.05, 0.1) is 0 Å². The van der Waals surface area contributed by atoms with E-state index in [9.17, 15) is 0 Å². The third-order valence-corrected chi connectivity index (χ3v) is 12.1. The van der Waals surface area contributed by atoms with Crippen LogP contribution in [0.1, 0.15) is 0 Å². The van der Waals surface area contributed by atoms with E-state index in [1.807, 2.05) is 0 Å². The molecule has 0 radical (unpaired) electrons. The zero-order chi connectivity index (χ0) is 20.8. The van der Waals surface area contributed by atoms with Crippen LogP contribution in [0, 0.1) is 0 Å². The van der Waals surface area contributed by atoms with E-state index < -0.39 is 32.9 Å². The fourth-order valence-corrected chi connectivity index (χ4v) is 18.1. The van der Waals surface area contributed by atoms with Crippen molar-refractivity contribution in [2.75, 3.05) is 28.2 Å². The van der Waals surface area contributed by atoms with Gasteiger partial charge < -0.3 is 19.9 Å². The molecule has 0 atom stereocenters. The van der Waals surface area contributed by atoms with Gasteiger partial charge in [-0.3, -0.25) is 0 Å². The molecule has 0 aromatic carbocycles. The van der Waals surface area contributed by atoms with Crippen LogP contribution >= 0.6 is 0 Å². The van der Waals surface area contributed by atoms with E-state index in [1.165, 1.54) is 0 Å². The van der Waals surface area contributed by atoms with Gasteiger partial charge in [0.1, 0.15) is 0 Å². The molecule has 0 amide bonds. The van der Waals surface area contributed by atoms with Crippen molar-refractivity contribution >= 4 is 32.9 Å². The minimum atomic E-state index is -1.11. The summed E-state index contributed by atoms with van der Waals surface area (Å²) < 4.78 is 9.64. The third kappa shape index (κ3) is 77.1. The van der Waals surface area contributed by atoms with Crippen LogP contribution < -0.4 is 0 Å². The third-order valence-electron chi connectivity index (χ3n) is 1.34. The molecule has 0 aliphatic rings. The summed E-state index contributed by atoms with van der Waals surface area (Å²) in [5.41, 5.74) is 0. The van der Waals surface area contributed by atoms with Crippen LogP contribution in [0.25, 0.3) is 19.9 Å². The number of rotatable bonds is 4. The van der Waals surface area contributed by atoms with Crippen LogP contribution in [0.2, 0.25) is 78.6 Å². The molecule has 0 aromatic heterocycles. The Morgan fingerprint density at radius 2 is 0.440 bits per heavy atom. The Kier molecular flexibility index (Phi) is 26.4. The van der Waals surface area contributed by atoms with E-state index in [0.29, 0.717) is 0 Å². The van der Waals surface area contributed by atoms with Crippen molar-refractivity contribution in [2.24, 2.45) is 0 Å². The molecule has 0 rings (SSSR count). The van der Waals surface area contributed by atoms with Gasteiger partial charge in [0.25, 0.3) is 0 Å². The normalized spacial score (nSPS) is 11.5. The maximum Gasteiger partial charge on any atom is 4.00 e. The predicted molar refractivity (Wildman–Crippen MR) is 131 cm³/mol. The van der Waals surface area contributed by atoms with Crippen LogP contribution in [-0.2, 0) is 26.2 Å². The van der Waals surface area contributed by atoms with Crippen molar-refractivity contribution in [2.45, 2.75) is 78.6 Å². The predicted octanol–water partition coefficient (Wildman–Crippen LogP) is 7.30. The monoisotopic (exact) mass is 498 g/mol. The molecule has 0 aliphatic heterocycles. The van der Waals surface area contributed by atoms with Gasteiger partial charge in [-0.05, 0) is 0 Å². The van der Waals surface area contributed by atoms with E-state index in [-0.39, 0.29) is 26.2 Å². The molecule has 0 spiro atoms. The molecular weight excluding hydrogens is 452 g/mol. The van der Waals surface area contributed by atoms with Crippen LogP contribution in [0.3, 0.4) is 0 Å². The van der Waals surface area contributed by atoms with Gasteiger partial charge in [0, 0.05) is 0 Å². The van der Waals surface area contributed by atoms with E-state index in [2.05, 4.69) is 89.2 Å². The van der Waals surface area contributed by atoms with Gasteiger partial charge in [0.15, 0.2) is 0 Å². The zero-order valence-electron chi connectivity index (χ0n) is 20.3. The second kappa shape index (κ2) is 17.7. The topological polar surface area (TPSA) is 56.4 Å². The van der Waals surface area contributed by atoms with Crippen molar-refractivity contribution in [3.8, 4) is 0 Å². The quantitative estimate of drug-likeness (QED) is 0.364. The van der Waals surface area contributed by atoms with Crippen molar-refractivity contribution in [1.82, 2.24) is 0 Å². The molecule has 0 saturated heterocycles. The molecule has 0 bridgehead atoms. The van der Waals surface area contributed by atoms with Crippen LogP contribution in [0.5, 0.6) is 0 Å². The number of hydrogen-bond acceptors (Lipinski definition) is 0. The average Bonchev–Trinajstić information content (AvgIpc) is 2.06. The molecule has 0 N–H and O–H groups in total. The molecule has 0 unspecified atom stereocenters. The van der Waals surface area contributed by atoms with Crippen molar-refractivity contribution < 1.29 is 26.2 Å². The standard InChI is InChI=1S/2C6H18NSi2.2C2H6N.Zr/c2*1-8(2,3)7-9(4,5)6;2*1-3-2;/h2*1-6H3;2*1-2H3;/q4*-1;+4. The van der Waals surface area contributed by atoms with Crippen molar-refractivity contribution in [3.63, 3.8) is 0 Å². The van der Waals surface area contributed by atoms with Gasteiger partial charge in [-0.1, -0.05) is 112 Å². The number of nitrogens with zero attached hydrogens (tertiary/aromatic N) is 4. The molecule has 9 heteroatoms. The molecule has 0 heterocycles. The summed E-state index contributed by atoms with van der Waals surface area (Å²) in [5, 5.41) is 7.00. The Morgan fingerprint density at radius 3 is 0.440 bits per heavy atom. The van der Waals surface area contributed by atoms with E-state index in [4.69, 9.17) is 9.30 Å². The average molecular weight is 500 g/mol. The van der Waals surface area contributed by atoms with Crippen LogP contribution in [-0.4, -0.2) is 61.1 Å². The van der Waals surface area contributed by atoms with Gasteiger partial charge in [-0.25, -0.2) is 0 Å². The summed E-state index contributed by atoms with van der Waals surface area (Å²) in [4.78, 5) is 0. The first-order valence-corrected chi connectivity index (χ1v) is 22.5. The largest absolute Gasteiger partial charge is 4.00 e. The van der Waals surface area contributed by atoms with E-state index in [0.717, 1.165) is 0 Å². The first kappa shape index (κ1) is 37.4. The molecular formula is C16H48N4Si4Zr. The molecule has 0 aromatic rings. The summed E-state index contributed by atoms with van der Waals surface area (Å²) >= 11 is 0. The molecule has 4 nitrogen and oxygen atoms in total. The summed E-state index contributed by atoms with van der Waals surface area (Å²) in [6.45, 7) is 27.6. The van der Waals surface area contributed by atoms with Crippen molar-refractivity contribution in [3.05, 3.63) is 19.9 Å². The second-order valence-corrected chi connectivity index (χ2v) is 29.0. The maximum absolute atomic E-state index is 4.82. The van der Waals surface area contributed by atoms with E-state index >= 15 is 0 Å². The molecule has 0 fully saturated rings. The fourth-order valence-electron chi connectivity index (χ4n) is 2.01. The zero-order valence-corrected chi connectivity index (χ0v) is 26.7. The van der Waals surface area contributed by atoms with Gasteiger partial charge in [-0.15, -0.1) is 0 Å². The molecule has 25 heavy (non-hydrogen) atoms. The van der Waals surface area contributed by atoms with Gasteiger partial charge in [-0.2, -0.15) is 28.2 Å². The summed E-state index contributed by atoms with van der Waals surface area (Å²) in [6.07, 6.45) is 0. The molecule has 152 valence electrons. The number of hydrogen-bond donors (Lipinski definition) is 0. The minimum Gasteiger partial charge on any atom is -0.668 e. The first-order valence-electron chi connectivity index (χ1n) is 8.68. The second-order valence-electron chi connectivity index (χ2n) is 9.80. The molecule has 0 saturated carbocycles. The smallest absolute Gasteiger partial charge is 0.668 e. The van der Waals surface area contributed by atoms with Gasteiger partial charge in [0.2, 0.25) is 0 Å². The summed E-state index contributed by atoms with van der Waals surface area (Å²) in [7, 11) is 2.58. The fraction of sp³-hybridized carbons (Fsp3) is 1.00. The maximum atomic E-state index is 4.82. The molecule has 0 aliphatic carbocycles. The summed E-state index contributed by atoms with van der Waals surface area (Å²) in [5.74, 6) is 0. The van der Waals surface area contributed by atoms with Crippen LogP contribution in [0.4, 0.5) is 0 Å². The summed E-state index contributed by atoms with van der Waals surface area (Å²) in [6, 6.07) is 0. The Balaban J connectivity index is -0.0000000788. The van der Waals surface area contributed by atoms with Crippen molar-refractivity contribution in [1.29, 1.82) is 0 Å². The Hall–Kier alpha value is 1.59. The van der Waals surface area contributed by atoms with E-state index in [1.54, 1.807) is 28.2 Å². The Bertz CT molecular complexity index is 215. The Morgan fingerprint density at radius 1 is 0.360 bits per heavy atom. The van der Waals surface area contributed by atoms with Crippen LogP contribution in [0.15, 0.2) is 0 Å². The SMILES string of the molecule is C[N-]C.C[N-]C.C[Si](C)(C)[N-][Si](C)(C)C.C[Si](C)(C)[N-][Si](C)(C)C.[Zr+4]. The Labute approximate surface area is 185 Å². The van der Waals surface area contributed by atoms with Gasteiger partial charge >= 0.3 is 26.2 Å². The first-order chi connectivity index (χ1) is 10.2.